The number of rotatable bonds is 7. The van der Waals surface area contributed by atoms with Crippen LogP contribution in [-0.4, -0.2) is 38.5 Å². The van der Waals surface area contributed by atoms with E-state index in [4.69, 9.17) is 18.0 Å². The van der Waals surface area contributed by atoms with Crippen LogP contribution >= 0.6 is 12.2 Å². The van der Waals surface area contributed by atoms with Gasteiger partial charge in [0.15, 0.2) is 0 Å². The Morgan fingerprint density at radius 1 is 1.45 bits per heavy atom. The fourth-order valence-corrected chi connectivity index (χ4v) is 2.13. The van der Waals surface area contributed by atoms with Crippen molar-refractivity contribution in [1.29, 1.82) is 0 Å². The molecule has 1 fully saturated rings. The van der Waals surface area contributed by atoms with E-state index < -0.39 is 0 Å². The number of carbonyl (C=O) groups is 1. The molecule has 1 heterocycles. The highest BCUT2D eigenvalue weighted by atomic mass is 32.1. The first-order valence-corrected chi connectivity index (χ1v) is 7.19. The molecule has 1 aromatic rings. The third kappa shape index (κ3) is 3.69. The second-order valence-electron chi connectivity index (χ2n) is 5.19. The lowest BCUT2D eigenvalue weighted by Gasteiger charge is -2.16. The Morgan fingerprint density at radius 2 is 2.15 bits per heavy atom. The maximum Gasteiger partial charge on any atom is 0.328 e. The van der Waals surface area contributed by atoms with Gasteiger partial charge in [-0.1, -0.05) is 12.2 Å². The van der Waals surface area contributed by atoms with Crippen molar-refractivity contribution in [2.24, 2.45) is 5.73 Å². The molecule has 1 amide bonds. The van der Waals surface area contributed by atoms with Crippen LogP contribution in [0.4, 0.5) is 0 Å². The zero-order valence-electron chi connectivity index (χ0n) is 11.6. The summed E-state index contributed by atoms with van der Waals surface area (Å²) in [5, 5.41) is 0. The molecule has 7 heteroatoms. The van der Waals surface area contributed by atoms with E-state index in [0.29, 0.717) is 37.0 Å². The molecule has 0 aliphatic heterocycles. The van der Waals surface area contributed by atoms with Crippen LogP contribution in [-0.2, 0) is 11.3 Å². The number of aromatic nitrogens is 2. The molecule has 1 aromatic heterocycles. The lowest BCUT2D eigenvalue weighted by molar-refractivity contribution is -0.130. The molecule has 2 rings (SSSR count). The number of hydrogen-bond donors (Lipinski definition) is 1. The number of aryl methyl sites for hydroxylation is 1. The van der Waals surface area contributed by atoms with Crippen LogP contribution in [0.5, 0.6) is 0 Å². The smallest absolute Gasteiger partial charge is 0.328 e. The average Bonchev–Trinajstić information content (AvgIpc) is 3.18. The summed E-state index contributed by atoms with van der Waals surface area (Å²) in [5.74, 6) is -0.00711. The Balaban J connectivity index is 1.83. The molecule has 0 bridgehead atoms. The van der Waals surface area contributed by atoms with Gasteiger partial charge >= 0.3 is 5.69 Å². The third-order valence-corrected chi connectivity index (χ3v) is 3.70. The van der Waals surface area contributed by atoms with Gasteiger partial charge < -0.3 is 10.6 Å². The fourth-order valence-electron chi connectivity index (χ4n) is 2.04. The summed E-state index contributed by atoms with van der Waals surface area (Å²) >= 11 is 4.78. The van der Waals surface area contributed by atoms with Crippen molar-refractivity contribution in [2.75, 3.05) is 13.6 Å². The van der Waals surface area contributed by atoms with Gasteiger partial charge in [-0.2, -0.15) is 0 Å². The first kappa shape index (κ1) is 14.8. The molecule has 1 saturated carbocycles. The summed E-state index contributed by atoms with van der Waals surface area (Å²) < 4.78 is 3.35. The predicted molar refractivity (Wildman–Crippen MR) is 80.6 cm³/mol. The highest BCUT2D eigenvalue weighted by Gasteiger charge is 2.25. The molecular formula is C13H20N4O2S. The molecule has 0 unspecified atom stereocenters. The Kier molecular flexibility index (Phi) is 4.59. The average molecular weight is 296 g/mol. The molecule has 2 N–H and O–H groups in total. The van der Waals surface area contributed by atoms with E-state index in [0.717, 1.165) is 12.8 Å². The number of nitrogens with two attached hydrogens (primary N) is 1. The second-order valence-corrected chi connectivity index (χ2v) is 5.72. The van der Waals surface area contributed by atoms with Crippen LogP contribution in [0.3, 0.4) is 0 Å². The van der Waals surface area contributed by atoms with Gasteiger partial charge in [0.25, 0.3) is 0 Å². The standard InChI is InChI=1S/C13H20N4O2S/c1-15(6-4-11(14)20)12(18)5-7-16-8-9-17(13(16)19)10-2-3-10/h8-10H,2-7H2,1H3,(H2,14,20). The quantitative estimate of drug-likeness (QED) is 0.744. The van der Waals surface area contributed by atoms with Crippen molar-refractivity contribution in [1.82, 2.24) is 14.0 Å². The third-order valence-electron chi connectivity index (χ3n) is 3.50. The summed E-state index contributed by atoms with van der Waals surface area (Å²) in [6, 6.07) is 0.368. The Bertz CT molecular complexity index is 559. The molecule has 1 aliphatic rings. The second kappa shape index (κ2) is 6.21. The van der Waals surface area contributed by atoms with Crippen molar-refractivity contribution in [2.45, 2.75) is 38.3 Å². The number of hydrogen-bond acceptors (Lipinski definition) is 3. The van der Waals surface area contributed by atoms with E-state index in [9.17, 15) is 9.59 Å². The maximum absolute atomic E-state index is 12.0. The Morgan fingerprint density at radius 3 is 2.75 bits per heavy atom. The molecule has 20 heavy (non-hydrogen) atoms. The van der Waals surface area contributed by atoms with E-state index in [2.05, 4.69) is 0 Å². The molecule has 110 valence electrons. The minimum Gasteiger partial charge on any atom is -0.393 e. The van der Waals surface area contributed by atoms with Gasteiger partial charge in [0.2, 0.25) is 5.91 Å². The summed E-state index contributed by atoms with van der Waals surface area (Å²) in [6.45, 7) is 0.931. The van der Waals surface area contributed by atoms with Gasteiger partial charge in [-0.05, 0) is 12.8 Å². The molecule has 0 spiro atoms. The fraction of sp³-hybridized carbons (Fsp3) is 0.615. The summed E-state index contributed by atoms with van der Waals surface area (Å²) in [7, 11) is 1.72. The van der Waals surface area contributed by atoms with E-state index in [-0.39, 0.29) is 11.6 Å². The van der Waals surface area contributed by atoms with Gasteiger partial charge in [0.1, 0.15) is 0 Å². The van der Waals surface area contributed by atoms with Gasteiger partial charge in [-0.15, -0.1) is 0 Å². The zero-order valence-corrected chi connectivity index (χ0v) is 12.4. The van der Waals surface area contributed by atoms with Crippen LogP contribution in [0.15, 0.2) is 17.2 Å². The largest absolute Gasteiger partial charge is 0.393 e. The number of imidazole rings is 1. The van der Waals surface area contributed by atoms with Crippen molar-refractivity contribution < 1.29 is 4.79 Å². The molecule has 0 atom stereocenters. The predicted octanol–water partition coefficient (Wildman–Crippen LogP) is 0.509. The molecule has 0 radical (unpaired) electrons. The van der Waals surface area contributed by atoms with Crippen molar-refractivity contribution in [3.05, 3.63) is 22.9 Å². The maximum atomic E-state index is 12.0. The summed E-state index contributed by atoms with van der Waals surface area (Å²) in [4.78, 5) is 25.9. The topological polar surface area (TPSA) is 73.3 Å². The highest BCUT2D eigenvalue weighted by Crippen LogP contribution is 2.33. The Hall–Kier alpha value is -1.63. The minimum absolute atomic E-state index is 0.00711. The van der Waals surface area contributed by atoms with Gasteiger partial charge in [0.05, 0.1) is 4.99 Å². The number of amides is 1. The lowest BCUT2D eigenvalue weighted by atomic mass is 10.3. The first-order chi connectivity index (χ1) is 9.49. The van der Waals surface area contributed by atoms with Crippen LogP contribution < -0.4 is 11.4 Å². The first-order valence-electron chi connectivity index (χ1n) is 6.78. The number of carbonyl (C=O) groups excluding carboxylic acids is 1. The van der Waals surface area contributed by atoms with E-state index in [1.54, 1.807) is 33.5 Å². The molecule has 6 nitrogen and oxygen atoms in total. The van der Waals surface area contributed by atoms with E-state index >= 15 is 0 Å². The summed E-state index contributed by atoms with van der Waals surface area (Å²) in [6.07, 6.45) is 6.54. The SMILES string of the molecule is CN(CCC(N)=S)C(=O)CCn1ccn(C2CC2)c1=O. The van der Waals surface area contributed by atoms with Crippen molar-refractivity contribution in [3.63, 3.8) is 0 Å². The number of nitrogens with zero attached hydrogens (tertiary/aromatic N) is 3. The van der Waals surface area contributed by atoms with Crippen LogP contribution in [0, 0.1) is 0 Å². The highest BCUT2D eigenvalue weighted by molar-refractivity contribution is 7.80. The Labute approximate surface area is 123 Å². The molecular weight excluding hydrogens is 276 g/mol. The van der Waals surface area contributed by atoms with Gasteiger partial charge in [0, 0.05) is 51.4 Å². The molecule has 1 aliphatic carbocycles. The lowest BCUT2D eigenvalue weighted by Crippen LogP contribution is -2.32. The normalized spacial score (nSPS) is 14.2. The van der Waals surface area contributed by atoms with Gasteiger partial charge in [-0.3, -0.25) is 13.9 Å². The molecule has 0 aromatic carbocycles. The van der Waals surface area contributed by atoms with E-state index in [1.165, 1.54) is 0 Å². The van der Waals surface area contributed by atoms with E-state index in [1.807, 2.05) is 0 Å². The zero-order chi connectivity index (χ0) is 14.7. The van der Waals surface area contributed by atoms with Gasteiger partial charge in [-0.25, -0.2) is 4.79 Å². The van der Waals surface area contributed by atoms with Crippen LogP contribution in [0.25, 0.3) is 0 Å². The van der Waals surface area contributed by atoms with Crippen molar-refractivity contribution >= 4 is 23.1 Å². The molecule has 0 saturated heterocycles. The van der Waals surface area contributed by atoms with Crippen molar-refractivity contribution in [3.8, 4) is 0 Å². The van der Waals surface area contributed by atoms with Crippen LogP contribution in [0.2, 0.25) is 0 Å². The van der Waals surface area contributed by atoms with Crippen LogP contribution in [0.1, 0.15) is 31.7 Å². The minimum atomic E-state index is -0.0221. The number of thiocarbonyl (C=S) groups is 1. The monoisotopic (exact) mass is 296 g/mol. The summed E-state index contributed by atoms with van der Waals surface area (Å²) in [5.41, 5.74) is 5.39.